The molecule has 2 amide bonds. The summed E-state index contributed by atoms with van der Waals surface area (Å²) in [7, 11) is 1.50. The molecule has 1 saturated heterocycles. The normalized spacial score (nSPS) is 15.1. The second-order valence-electron chi connectivity index (χ2n) is 6.29. The number of amides is 2. The van der Waals surface area contributed by atoms with Gasteiger partial charge in [-0.05, 0) is 32.4 Å². The molecule has 2 rings (SSSR count). The first-order valence-corrected chi connectivity index (χ1v) is 8.18. The Kier molecular flexibility index (Phi) is 5.72. The Morgan fingerprint density at radius 3 is 2.50 bits per heavy atom. The van der Waals surface area contributed by atoms with Crippen molar-refractivity contribution in [2.75, 3.05) is 38.7 Å². The molecule has 0 radical (unpaired) electrons. The van der Waals surface area contributed by atoms with Crippen molar-refractivity contribution in [3.8, 4) is 5.75 Å². The maximum absolute atomic E-state index is 12.7. The lowest BCUT2D eigenvalue weighted by atomic mass is 9.90. The van der Waals surface area contributed by atoms with Crippen LogP contribution in [0.1, 0.15) is 19.4 Å². The van der Waals surface area contributed by atoms with Gasteiger partial charge in [0.15, 0.2) is 0 Å². The highest BCUT2D eigenvalue weighted by atomic mass is 35.5. The number of methoxy groups -OCH3 is 1. The van der Waals surface area contributed by atoms with Gasteiger partial charge < -0.3 is 19.7 Å². The van der Waals surface area contributed by atoms with E-state index in [-0.39, 0.29) is 11.8 Å². The van der Waals surface area contributed by atoms with Gasteiger partial charge in [0.05, 0.1) is 26.0 Å². The number of carbonyl (C=O) groups is 2. The zero-order valence-electron chi connectivity index (χ0n) is 14.4. The molecule has 132 valence electrons. The monoisotopic (exact) mass is 354 g/mol. The topological polar surface area (TPSA) is 67.9 Å². The van der Waals surface area contributed by atoms with E-state index in [2.05, 4.69) is 5.32 Å². The van der Waals surface area contributed by atoms with Crippen LogP contribution in [-0.2, 0) is 14.3 Å². The van der Waals surface area contributed by atoms with E-state index in [0.29, 0.717) is 42.8 Å². The fraction of sp³-hybridized carbons (Fsp3) is 0.529. The zero-order valence-corrected chi connectivity index (χ0v) is 15.2. The standard InChI is InChI=1S/C17H23ClN2O4/c1-11-9-13(14(23-4)10-12(11)18)19-15(21)17(2,3)16(22)20-5-7-24-8-6-20/h9-10H,5-8H2,1-4H3,(H,19,21). The van der Waals surface area contributed by atoms with Crippen LogP contribution in [0.5, 0.6) is 5.75 Å². The van der Waals surface area contributed by atoms with E-state index in [0.717, 1.165) is 5.56 Å². The maximum atomic E-state index is 12.7. The lowest BCUT2D eigenvalue weighted by molar-refractivity contribution is -0.149. The summed E-state index contributed by atoms with van der Waals surface area (Å²) in [5.41, 5.74) is 0.105. The van der Waals surface area contributed by atoms with E-state index in [1.54, 1.807) is 30.9 Å². The lowest BCUT2D eigenvalue weighted by Gasteiger charge is -2.33. The summed E-state index contributed by atoms with van der Waals surface area (Å²) in [4.78, 5) is 27.0. The third-order valence-corrected chi connectivity index (χ3v) is 4.54. The number of nitrogens with one attached hydrogen (secondary N) is 1. The Balaban J connectivity index is 2.18. The van der Waals surface area contributed by atoms with Crippen LogP contribution < -0.4 is 10.1 Å². The Morgan fingerprint density at radius 2 is 1.92 bits per heavy atom. The van der Waals surface area contributed by atoms with Gasteiger partial charge in [-0.2, -0.15) is 0 Å². The van der Waals surface area contributed by atoms with Crippen molar-refractivity contribution in [1.82, 2.24) is 4.90 Å². The molecule has 0 spiro atoms. The summed E-state index contributed by atoms with van der Waals surface area (Å²) in [6.07, 6.45) is 0. The summed E-state index contributed by atoms with van der Waals surface area (Å²) in [6.45, 7) is 7.06. The minimum absolute atomic E-state index is 0.215. The largest absolute Gasteiger partial charge is 0.495 e. The van der Waals surface area contributed by atoms with Crippen molar-refractivity contribution in [2.45, 2.75) is 20.8 Å². The first-order chi connectivity index (χ1) is 11.3. The van der Waals surface area contributed by atoms with E-state index in [1.807, 2.05) is 6.92 Å². The van der Waals surface area contributed by atoms with Crippen molar-refractivity contribution in [3.05, 3.63) is 22.7 Å². The molecule has 0 atom stereocenters. The van der Waals surface area contributed by atoms with Crippen molar-refractivity contribution < 1.29 is 19.1 Å². The first-order valence-electron chi connectivity index (χ1n) is 7.80. The van der Waals surface area contributed by atoms with E-state index in [1.165, 1.54) is 7.11 Å². The molecular weight excluding hydrogens is 332 g/mol. The molecule has 1 aromatic rings. The van der Waals surface area contributed by atoms with Crippen molar-refractivity contribution in [2.24, 2.45) is 5.41 Å². The van der Waals surface area contributed by atoms with Crippen LogP contribution in [0.4, 0.5) is 5.69 Å². The second-order valence-corrected chi connectivity index (χ2v) is 6.69. The first kappa shape index (κ1) is 18.5. The number of halogens is 1. The molecule has 24 heavy (non-hydrogen) atoms. The molecule has 1 aromatic carbocycles. The number of hydrogen-bond donors (Lipinski definition) is 1. The maximum Gasteiger partial charge on any atom is 0.239 e. The van der Waals surface area contributed by atoms with Gasteiger partial charge in [-0.15, -0.1) is 0 Å². The van der Waals surface area contributed by atoms with E-state index in [9.17, 15) is 9.59 Å². The van der Waals surface area contributed by atoms with Crippen LogP contribution in [-0.4, -0.2) is 50.1 Å². The van der Waals surface area contributed by atoms with E-state index in [4.69, 9.17) is 21.1 Å². The lowest BCUT2D eigenvalue weighted by Crippen LogP contribution is -2.51. The number of benzene rings is 1. The van der Waals surface area contributed by atoms with Gasteiger partial charge in [-0.3, -0.25) is 9.59 Å². The zero-order chi connectivity index (χ0) is 17.9. The van der Waals surface area contributed by atoms with Gasteiger partial charge in [0, 0.05) is 24.2 Å². The number of hydrogen-bond acceptors (Lipinski definition) is 4. The molecule has 0 bridgehead atoms. The molecule has 1 aliphatic heterocycles. The summed E-state index contributed by atoms with van der Waals surface area (Å²) in [5.74, 6) is -0.152. The number of morpholine rings is 1. The summed E-state index contributed by atoms with van der Waals surface area (Å²) < 4.78 is 10.5. The highest BCUT2D eigenvalue weighted by molar-refractivity contribution is 6.31. The third-order valence-electron chi connectivity index (χ3n) is 4.13. The number of carbonyl (C=O) groups excluding carboxylic acids is 2. The Bertz CT molecular complexity index is 640. The van der Waals surface area contributed by atoms with Crippen LogP contribution >= 0.6 is 11.6 Å². The minimum atomic E-state index is -1.20. The number of rotatable bonds is 4. The van der Waals surface area contributed by atoms with Gasteiger partial charge in [0.2, 0.25) is 11.8 Å². The molecule has 0 saturated carbocycles. The highest BCUT2D eigenvalue weighted by Gasteiger charge is 2.40. The van der Waals surface area contributed by atoms with Crippen molar-refractivity contribution >= 4 is 29.1 Å². The van der Waals surface area contributed by atoms with Crippen LogP contribution in [0, 0.1) is 12.3 Å². The molecule has 0 aliphatic carbocycles. The van der Waals surface area contributed by atoms with Crippen LogP contribution in [0.3, 0.4) is 0 Å². The van der Waals surface area contributed by atoms with E-state index >= 15 is 0 Å². The van der Waals surface area contributed by atoms with Gasteiger partial charge in [-0.25, -0.2) is 0 Å². The van der Waals surface area contributed by atoms with Crippen LogP contribution in [0.15, 0.2) is 12.1 Å². The molecule has 1 N–H and O–H groups in total. The van der Waals surface area contributed by atoms with Crippen LogP contribution in [0.2, 0.25) is 5.02 Å². The molecule has 1 aliphatic rings. The number of ether oxygens (including phenoxy) is 2. The predicted molar refractivity (Wildman–Crippen MR) is 92.6 cm³/mol. The van der Waals surface area contributed by atoms with E-state index < -0.39 is 5.41 Å². The molecule has 1 heterocycles. The Labute approximate surface area is 147 Å². The number of anilines is 1. The molecular formula is C17H23ClN2O4. The quantitative estimate of drug-likeness (QED) is 0.843. The third kappa shape index (κ3) is 3.82. The molecule has 0 unspecified atom stereocenters. The summed E-state index contributed by atoms with van der Waals surface area (Å²) >= 11 is 6.08. The van der Waals surface area contributed by atoms with Crippen molar-refractivity contribution in [1.29, 1.82) is 0 Å². The fourth-order valence-electron chi connectivity index (χ4n) is 2.47. The summed E-state index contributed by atoms with van der Waals surface area (Å²) in [6, 6.07) is 3.37. The van der Waals surface area contributed by atoms with Gasteiger partial charge in [0.1, 0.15) is 11.2 Å². The van der Waals surface area contributed by atoms with Gasteiger partial charge >= 0.3 is 0 Å². The van der Waals surface area contributed by atoms with Gasteiger partial charge in [0.25, 0.3) is 0 Å². The highest BCUT2D eigenvalue weighted by Crippen LogP contribution is 2.32. The SMILES string of the molecule is COc1cc(Cl)c(C)cc1NC(=O)C(C)(C)C(=O)N1CCOCC1. The number of nitrogens with zero attached hydrogens (tertiary/aromatic N) is 1. The molecule has 7 heteroatoms. The Morgan fingerprint density at radius 1 is 1.29 bits per heavy atom. The van der Waals surface area contributed by atoms with Crippen LogP contribution in [0.25, 0.3) is 0 Å². The molecule has 6 nitrogen and oxygen atoms in total. The molecule has 0 aromatic heterocycles. The second kappa shape index (κ2) is 7.40. The fourth-order valence-corrected chi connectivity index (χ4v) is 2.62. The van der Waals surface area contributed by atoms with Crippen molar-refractivity contribution in [3.63, 3.8) is 0 Å². The molecule has 1 fully saturated rings. The smallest absolute Gasteiger partial charge is 0.239 e. The average Bonchev–Trinajstić information content (AvgIpc) is 2.57. The summed E-state index contributed by atoms with van der Waals surface area (Å²) in [5, 5.41) is 3.34. The number of aryl methyl sites for hydroxylation is 1. The average molecular weight is 355 g/mol. The minimum Gasteiger partial charge on any atom is -0.495 e. The van der Waals surface area contributed by atoms with Gasteiger partial charge in [-0.1, -0.05) is 11.6 Å². The Hall–Kier alpha value is -1.79. The predicted octanol–water partition coefficient (Wildman–Crippen LogP) is 2.48.